The highest BCUT2D eigenvalue weighted by molar-refractivity contribution is 5.99. The number of hydrogen-bond acceptors (Lipinski definition) is 4. The van der Waals surface area contributed by atoms with E-state index in [4.69, 9.17) is 5.73 Å². The third-order valence-corrected chi connectivity index (χ3v) is 2.79. The third-order valence-electron chi connectivity index (χ3n) is 2.79. The summed E-state index contributed by atoms with van der Waals surface area (Å²) in [5.74, 6) is -0.519. The van der Waals surface area contributed by atoms with Crippen molar-refractivity contribution in [2.75, 3.05) is 11.9 Å². The molecule has 1 aromatic carbocycles. The van der Waals surface area contributed by atoms with Crippen molar-refractivity contribution >= 4 is 29.0 Å². The summed E-state index contributed by atoms with van der Waals surface area (Å²) in [7, 11) is 0. The van der Waals surface area contributed by atoms with E-state index in [1.54, 1.807) is 6.07 Å². The molecule has 2 aromatic rings. The molecule has 8 heteroatoms. The van der Waals surface area contributed by atoms with Gasteiger partial charge in [0.15, 0.2) is 5.82 Å². The van der Waals surface area contributed by atoms with E-state index in [-0.39, 0.29) is 31.2 Å². The number of carbonyl (C=O) groups is 2. The summed E-state index contributed by atoms with van der Waals surface area (Å²) in [6.45, 7) is 0.309. The zero-order valence-corrected chi connectivity index (χ0v) is 10.6. The molecule has 5 N–H and O–H groups in total. The molecule has 0 unspecified atom stereocenters. The number of nitrogens with two attached hydrogens (primary N) is 1. The van der Waals surface area contributed by atoms with Gasteiger partial charge in [0.25, 0.3) is 0 Å². The average Bonchev–Trinajstić information content (AvgIpc) is 2.80. The maximum Gasteiger partial charge on any atom is 0.227 e. The van der Waals surface area contributed by atoms with Gasteiger partial charge >= 0.3 is 0 Å². The summed E-state index contributed by atoms with van der Waals surface area (Å²) in [5.41, 5.74) is 6.38. The van der Waals surface area contributed by atoms with Crippen LogP contribution >= 0.6 is 0 Å². The van der Waals surface area contributed by atoms with E-state index in [0.717, 1.165) is 0 Å². The fraction of sp³-hybridized carbons (Fsp3) is 0.250. The fourth-order valence-corrected chi connectivity index (χ4v) is 1.77. The van der Waals surface area contributed by atoms with Crippen LogP contribution in [0.25, 0.3) is 10.9 Å². The van der Waals surface area contributed by atoms with Gasteiger partial charge in [-0.05, 0) is 12.1 Å². The Kier molecular flexibility index (Phi) is 4.26. The van der Waals surface area contributed by atoms with Crippen LogP contribution in [0.15, 0.2) is 12.1 Å². The number of hydrogen-bond donors (Lipinski definition) is 4. The van der Waals surface area contributed by atoms with Gasteiger partial charge in [0.2, 0.25) is 12.3 Å². The maximum absolute atomic E-state index is 13.7. The first-order valence-electron chi connectivity index (χ1n) is 5.99. The first-order chi connectivity index (χ1) is 9.65. The normalized spacial score (nSPS) is 10.5. The second kappa shape index (κ2) is 6.11. The molecule has 1 aromatic heterocycles. The number of carbonyl (C=O) groups excluding carboxylic acids is 2. The van der Waals surface area contributed by atoms with Gasteiger partial charge in [0.1, 0.15) is 5.82 Å². The Labute approximate surface area is 113 Å². The monoisotopic (exact) mass is 279 g/mol. The molecule has 2 rings (SSSR count). The van der Waals surface area contributed by atoms with Gasteiger partial charge in [0.05, 0.1) is 5.52 Å². The van der Waals surface area contributed by atoms with Crippen LogP contribution in [0.4, 0.5) is 10.2 Å². The van der Waals surface area contributed by atoms with Gasteiger partial charge in [-0.1, -0.05) is 0 Å². The van der Waals surface area contributed by atoms with Gasteiger partial charge in [0, 0.05) is 30.5 Å². The summed E-state index contributed by atoms with van der Waals surface area (Å²) >= 11 is 0. The molecule has 0 aliphatic heterocycles. The van der Waals surface area contributed by atoms with Crippen LogP contribution in [-0.4, -0.2) is 29.1 Å². The number of H-pyrrole nitrogens is 1. The van der Waals surface area contributed by atoms with Gasteiger partial charge in [-0.3, -0.25) is 14.7 Å². The molecule has 106 valence electrons. The predicted molar refractivity (Wildman–Crippen MR) is 71.3 cm³/mol. The van der Waals surface area contributed by atoms with Crippen molar-refractivity contribution in [1.29, 1.82) is 0 Å². The van der Waals surface area contributed by atoms with Crippen LogP contribution in [0, 0.1) is 5.82 Å². The molecule has 0 radical (unpaired) electrons. The highest BCUT2D eigenvalue weighted by atomic mass is 19.1. The van der Waals surface area contributed by atoms with Crippen LogP contribution in [0.3, 0.4) is 0 Å². The molecule has 0 aliphatic carbocycles. The second-order valence-corrected chi connectivity index (χ2v) is 4.14. The predicted octanol–water partition coefficient (Wildman–Crippen LogP) is 0.235. The fourth-order valence-electron chi connectivity index (χ4n) is 1.77. The van der Waals surface area contributed by atoms with E-state index in [1.165, 1.54) is 6.07 Å². The molecule has 0 atom stereocenters. The highest BCUT2D eigenvalue weighted by Gasteiger charge is 2.12. The lowest BCUT2D eigenvalue weighted by Crippen LogP contribution is -2.20. The summed E-state index contributed by atoms with van der Waals surface area (Å²) < 4.78 is 13.7. The van der Waals surface area contributed by atoms with Crippen LogP contribution in [-0.2, 0) is 16.1 Å². The molecule has 1 heterocycles. The van der Waals surface area contributed by atoms with Gasteiger partial charge in [-0.2, -0.15) is 5.10 Å². The van der Waals surface area contributed by atoms with Crippen molar-refractivity contribution in [3.8, 4) is 0 Å². The lowest BCUT2D eigenvalue weighted by molar-refractivity contribution is -0.116. The Balaban J connectivity index is 2.16. The molecule has 2 amide bonds. The second-order valence-electron chi connectivity index (χ2n) is 4.14. The molecule has 0 spiro atoms. The topological polar surface area (TPSA) is 113 Å². The molecule has 7 nitrogen and oxygen atoms in total. The van der Waals surface area contributed by atoms with Gasteiger partial charge in [-0.15, -0.1) is 0 Å². The molecule has 0 fully saturated rings. The summed E-state index contributed by atoms with van der Waals surface area (Å²) in [6.07, 6.45) is 0.622. The number of anilines is 1. The Morgan fingerprint density at radius 3 is 3.00 bits per heavy atom. The zero-order valence-electron chi connectivity index (χ0n) is 10.6. The quantitative estimate of drug-likeness (QED) is 0.448. The zero-order chi connectivity index (χ0) is 14.5. The number of aromatic nitrogens is 2. The van der Waals surface area contributed by atoms with Crippen molar-refractivity contribution in [2.24, 2.45) is 5.73 Å². The van der Waals surface area contributed by atoms with E-state index in [1.807, 2.05) is 0 Å². The first kappa shape index (κ1) is 13.9. The van der Waals surface area contributed by atoms with E-state index in [2.05, 4.69) is 20.8 Å². The molecule has 0 saturated heterocycles. The Morgan fingerprint density at radius 1 is 1.50 bits per heavy atom. The molecule has 0 saturated carbocycles. The minimum Gasteiger partial charge on any atom is -0.358 e. The number of nitrogens with one attached hydrogen (secondary N) is 3. The van der Waals surface area contributed by atoms with E-state index >= 15 is 0 Å². The molecular weight excluding hydrogens is 265 g/mol. The number of benzene rings is 1. The van der Waals surface area contributed by atoms with Crippen molar-refractivity contribution in [3.63, 3.8) is 0 Å². The van der Waals surface area contributed by atoms with E-state index < -0.39 is 5.82 Å². The lowest BCUT2D eigenvalue weighted by Gasteiger charge is -2.03. The van der Waals surface area contributed by atoms with E-state index in [9.17, 15) is 14.0 Å². The summed E-state index contributed by atoms with van der Waals surface area (Å²) in [6, 6.07) is 2.83. The van der Waals surface area contributed by atoms with E-state index in [0.29, 0.717) is 22.9 Å². The number of rotatable bonds is 6. The van der Waals surface area contributed by atoms with Crippen LogP contribution < -0.4 is 16.4 Å². The number of nitrogens with zero attached hydrogens (tertiary/aromatic N) is 1. The summed E-state index contributed by atoms with van der Waals surface area (Å²) in [5, 5.41) is 12.0. The van der Waals surface area contributed by atoms with Crippen LogP contribution in [0.1, 0.15) is 12.0 Å². The number of halogens is 1. The maximum atomic E-state index is 13.7. The molecule has 20 heavy (non-hydrogen) atoms. The van der Waals surface area contributed by atoms with Gasteiger partial charge < -0.3 is 16.4 Å². The lowest BCUT2D eigenvalue weighted by atomic mass is 10.1. The van der Waals surface area contributed by atoms with Crippen molar-refractivity contribution < 1.29 is 14.0 Å². The Morgan fingerprint density at radius 2 is 2.30 bits per heavy atom. The Bertz CT molecular complexity index is 640. The van der Waals surface area contributed by atoms with Crippen molar-refractivity contribution in [1.82, 2.24) is 15.5 Å². The average molecular weight is 279 g/mol. The molecule has 0 aliphatic rings. The third kappa shape index (κ3) is 2.91. The van der Waals surface area contributed by atoms with Crippen molar-refractivity contribution in [2.45, 2.75) is 13.0 Å². The summed E-state index contributed by atoms with van der Waals surface area (Å²) in [4.78, 5) is 21.7. The first-order valence-corrected chi connectivity index (χ1v) is 5.99. The highest BCUT2D eigenvalue weighted by Crippen LogP contribution is 2.23. The number of amides is 2. The Hall–Kier alpha value is -2.48. The van der Waals surface area contributed by atoms with Crippen LogP contribution in [0.2, 0.25) is 0 Å². The SMILES string of the molecule is NCc1cc2[nH]nc(NC(=O)CCNC=O)c2cc1F. The molecular formula is C12H14FN5O2. The smallest absolute Gasteiger partial charge is 0.227 e. The van der Waals surface area contributed by atoms with Crippen molar-refractivity contribution in [3.05, 3.63) is 23.5 Å². The minimum absolute atomic E-state index is 0.0832. The molecule has 0 bridgehead atoms. The number of aromatic amines is 1. The number of fused-ring (bicyclic) bond motifs is 1. The standard InChI is InChI=1S/C12H14FN5O2/c13-9-4-8-10(3-7(9)5-14)17-18-12(8)16-11(20)1-2-15-6-19/h3-4,6H,1-2,5,14H2,(H,15,19)(H2,16,17,18,20). The minimum atomic E-state index is -0.445. The van der Waals surface area contributed by atoms with Gasteiger partial charge in [-0.25, -0.2) is 4.39 Å². The van der Waals surface area contributed by atoms with Crippen LogP contribution in [0.5, 0.6) is 0 Å². The largest absolute Gasteiger partial charge is 0.358 e.